The maximum atomic E-state index is 13.1. The number of para-hydroxylation sites is 1. The molecule has 158 valence electrons. The highest BCUT2D eigenvalue weighted by Crippen LogP contribution is 2.35. The average Bonchev–Trinajstić information content (AvgIpc) is 3.23. The van der Waals surface area contributed by atoms with Crippen molar-refractivity contribution in [1.82, 2.24) is 0 Å². The van der Waals surface area contributed by atoms with Crippen molar-refractivity contribution in [3.05, 3.63) is 82.4 Å². The number of carbonyl (C=O) groups is 1. The zero-order valence-corrected chi connectivity index (χ0v) is 17.3. The SMILES string of the molecule is COc1ccc(-c2cc([N+](=O)[O-])ccc2O[C@H](C)C(=O)N2CCc3ccccc32)cc1. The third kappa shape index (κ3) is 4.07. The Morgan fingerprint density at radius 2 is 1.84 bits per heavy atom. The molecule has 31 heavy (non-hydrogen) atoms. The van der Waals surface area contributed by atoms with Gasteiger partial charge in [0.25, 0.3) is 11.6 Å². The minimum atomic E-state index is -0.760. The predicted molar refractivity (Wildman–Crippen MR) is 118 cm³/mol. The van der Waals surface area contributed by atoms with E-state index in [9.17, 15) is 14.9 Å². The Bertz CT molecular complexity index is 1130. The van der Waals surface area contributed by atoms with Crippen LogP contribution in [0.4, 0.5) is 11.4 Å². The van der Waals surface area contributed by atoms with E-state index in [0.29, 0.717) is 23.6 Å². The smallest absolute Gasteiger partial charge is 0.270 e. The molecule has 7 heteroatoms. The summed E-state index contributed by atoms with van der Waals surface area (Å²) in [4.78, 5) is 25.7. The van der Waals surface area contributed by atoms with Gasteiger partial charge in [-0.3, -0.25) is 14.9 Å². The van der Waals surface area contributed by atoms with Crippen LogP contribution in [0.1, 0.15) is 12.5 Å². The summed E-state index contributed by atoms with van der Waals surface area (Å²) in [6.07, 6.45) is 0.0492. The number of fused-ring (bicyclic) bond motifs is 1. The number of non-ortho nitro benzene ring substituents is 1. The molecule has 3 aromatic carbocycles. The molecule has 0 fully saturated rings. The van der Waals surface area contributed by atoms with Gasteiger partial charge >= 0.3 is 0 Å². The topological polar surface area (TPSA) is 81.9 Å². The normalized spacial score (nSPS) is 13.4. The summed E-state index contributed by atoms with van der Waals surface area (Å²) in [5, 5.41) is 11.3. The van der Waals surface area contributed by atoms with Crippen LogP contribution in [0.25, 0.3) is 11.1 Å². The van der Waals surface area contributed by atoms with E-state index < -0.39 is 11.0 Å². The van der Waals surface area contributed by atoms with Gasteiger partial charge in [-0.15, -0.1) is 0 Å². The molecule has 0 aromatic heterocycles. The molecule has 1 aliphatic rings. The fraction of sp³-hybridized carbons (Fsp3) is 0.208. The van der Waals surface area contributed by atoms with Gasteiger partial charge in [-0.2, -0.15) is 0 Å². The molecule has 3 aromatic rings. The van der Waals surface area contributed by atoms with Crippen molar-refractivity contribution in [2.24, 2.45) is 0 Å². The predicted octanol–water partition coefficient (Wildman–Crippen LogP) is 4.63. The maximum absolute atomic E-state index is 13.1. The van der Waals surface area contributed by atoms with E-state index in [4.69, 9.17) is 9.47 Å². The van der Waals surface area contributed by atoms with E-state index in [1.54, 1.807) is 49.3 Å². The quantitative estimate of drug-likeness (QED) is 0.431. The number of hydrogen-bond acceptors (Lipinski definition) is 5. The zero-order chi connectivity index (χ0) is 22.0. The first kappa shape index (κ1) is 20.4. The summed E-state index contributed by atoms with van der Waals surface area (Å²) < 4.78 is 11.2. The third-order valence-electron chi connectivity index (χ3n) is 5.38. The number of anilines is 1. The van der Waals surface area contributed by atoms with Gasteiger partial charge in [0, 0.05) is 29.9 Å². The van der Waals surface area contributed by atoms with Crippen LogP contribution in [0.5, 0.6) is 11.5 Å². The molecule has 0 bridgehead atoms. The van der Waals surface area contributed by atoms with Crippen LogP contribution in [-0.2, 0) is 11.2 Å². The minimum absolute atomic E-state index is 0.0504. The monoisotopic (exact) mass is 418 g/mol. The molecule has 4 rings (SSSR count). The summed E-state index contributed by atoms with van der Waals surface area (Å²) in [6.45, 7) is 2.31. The molecule has 0 saturated heterocycles. The van der Waals surface area contributed by atoms with Crippen LogP contribution in [-0.4, -0.2) is 30.6 Å². The van der Waals surface area contributed by atoms with Gasteiger partial charge in [0.1, 0.15) is 11.5 Å². The highest BCUT2D eigenvalue weighted by atomic mass is 16.6. The lowest BCUT2D eigenvalue weighted by molar-refractivity contribution is -0.384. The molecule has 1 amide bonds. The second-order valence-electron chi connectivity index (χ2n) is 7.29. The number of carbonyl (C=O) groups excluding carboxylic acids is 1. The Morgan fingerprint density at radius 3 is 2.55 bits per heavy atom. The molecular formula is C24H22N2O5. The van der Waals surface area contributed by atoms with Crippen molar-refractivity contribution in [3.8, 4) is 22.6 Å². The Morgan fingerprint density at radius 1 is 1.10 bits per heavy atom. The number of rotatable bonds is 6. The van der Waals surface area contributed by atoms with Crippen molar-refractivity contribution in [2.75, 3.05) is 18.6 Å². The first-order valence-corrected chi connectivity index (χ1v) is 9.96. The van der Waals surface area contributed by atoms with E-state index >= 15 is 0 Å². The largest absolute Gasteiger partial charge is 0.497 e. The lowest BCUT2D eigenvalue weighted by Gasteiger charge is -2.23. The standard InChI is InChI=1S/C24H22N2O5/c1-16(24(27)25-14-13-18-5-3-4-6-22(18)25)31-23-12-9-19(26(28)29)15-21(23)17-7-10-20(30-2)11-8-17/h3-12,15-16H,13-14H2,1-2H3/t16-/m1/s1. The molecule has 1 atom stereocenters. The molecule has 0 spiro atoms. The van der Waals surface area contributed by atoms with Gasteiger partial charge in [-0.1, -0.05) is 30.3 Å². The number of nitro benzene ring substituents is 1. The van der Waals surface area contributed by atoms with Crippen LogP contribution < -0.4 is 14.4 Å². The lowest BCUT2D eigenvalue weighted by atomic mass is 10.0. The average molecular weight is 418 g/mol. The van der Waals surface area contributed by atoms with E-state index in [0.717, 1.165) is 23.2 Å². The lowest BCUT2D eigenvalue weighted by Crippen LogP contribution is -2.39. The summed E-state index contributed by atoms with van der Waals surface area (Å²) in [6, 6.07) is 19.3. The molecule has 7 nitrogen and oxygen atoms in total. The Hall–Kier alpha value is -3.87. The van der Waals surface area contributed by atoms with Crippen LogP contribution in [0.2, 0.25) is 0 Å². The summed E-state index contributed by atoms with van der Waals surface area (Å²) in [5.41, 5.74) is 3.26. The fourth-order valence-electron chi connectivity index (χ4n) is 3.76. The number of nitro groups is 1. The van der Waals surface area contributed by atoms with E-state index in [1.807, 2.05) is 24.3 Å². The third-order valence-corrected chi connectivity index (χ3v) is 5.38. The first-order valence-electron chi connectivity index (χ1n) is 9.96. The summed E-state index contributed by atoms with van der Waals surface area (Å²) in [5.74, 6) is 0.931. The number of benzene rings is 3. The molecular weight excluding hydrogens is 396 g/mol. The van der Waals surface area contributed by atoms with Gasteiger partial charge in [-0.05, 0) is 48.7 Å². The molecule has 1 aliphatic heterocycles. The number of ether oxygens (including phenoxy) is 2. The van der Waals surface area contributed by atoms with Crippen LogP contribution >= 0.6 is 0 Å². The van der Waals surface area contributed by atoms with Crippen LogP contribution in [0, 0.1) is 10.1 Å². The first-order chi connectivity index (χ1) is 15.0. The number of nitrogens with zero attached hydrogens (tertiary/aromatic N) is 2. The second kappa shape index (κ2) is 8.47. The van der Waals surface area contributed by atoms with Crippen LogP contribution in [0.15, 0.2) is 66.7 Å². The fourth-order valence-corrected chi connectivity index (χ4v) is 3.76. The van der Waals surface area contributed by atoms with Gasteiger partial charge in [-0.25, -0.2) is 0 Å². The summed E-state index contributed by atoms with van der Waals surface area (Å²) >= 11 is 0. The van der Waals surface area contributed by atoms with Crippen molar-refractivity contribution in [3.63, 3.8) is 0 Å². The van der Waals surface area contributed by atoms with Crippen molar-refractivity contribution in [2.45, 2.75) is 19.4 Å². The van der Waals surface area contributed by atoms with E-state index in [2.05, 4.69) is 0 Å². The Balaban J connectivity index is 1.63. The second-order valence-corrected chi connectivity index (χ2v) is 7.29. The van der Waals surface area contributed by atoms with Gasteiger partial charge in [0.15, 0.2) is 6.10 Å². The number of hydrogen-bond donors (Lipinski definition) is 0. The zero-order valence-electron chi connectivity index (χ0n) is 17.3. The molecule has 0 saturated carbocycles. The number of methoxy groups -OCH3 is 1. The maximum Gasteiger partial charge on any atom is 0.270 e. The van der Waals surface area contributed by atoms with Gasteiger partial charge in [0.05, 0.1) is 12.0 Å². The molecule has 1 heterocycles. The highest BCUT2D eigenvalue weighted by Gasteiger charge is 2.29. The molecule has 0 N–H and O–H groups in total. The number of amides is 1. The molecule has 0 aliphatic carbocycles. The van der Waals surface area contributed by atoms with Crippen molar-refractivity contribution in [1.29, 1.82) is 0 Å². The summed E-state index contributed by atoms with van der Waals surface area (Å²) in [7, 11) is 1.57. The molecule has 0 unspecified atom stereocenters. The van der Waals surface area contributed by atoms with Gasteiger partial charge in [0.2, 0.25) is 0 Å². The minimum Gasteiger partial charge on any atom is -0.497 e. The molecule has 0 radical (unpaired) electrons. The van der Waals surface area contributed by atoms with E-state index in [-0.39, 0.29) is 11.6 Å². The van der Waals surface area contributed by atoms with E-state index in [1.165, 1.54) is 12.1 Å². The van der Waals surface area contributed by atoms with Crippen molar-refractivity contribution >= 4 is 17.3 Å². The Labute approximate surface area is 180 Å². The highest BCUT2D eigenvalue weighted by molar-refractivity contribution is 5.98. The van der Waals surface area contributed by atoms with Crippen molar-refractivity contribution < 1.29 is 19.2 Å². The van der Waals surface area contributed by atoms with Gasteiger partial charge < -0.3 is 14.4 Å². The Kier molecular flexibility index (Phi) is 5.58. The van der Waals surface area contributed by atoms with Crippen LogP contribution in [0.3, 0.4) is 0 Å².